The summed E-state index contributed by atoms with van der Waals surface area (Å²) in [6.45, 7) is 6.51. The van der Waals surface area contributed by atoms with Crippen LogP contribution in [0.25, 0.3) is 0 Å². The standard InChI is InChI=1S/C14H24O4/c1-4-7-8-9-12(13(15)17-10-5-2)14(16)18-11-6-3/h9H,4-8,10-11H2,1-3H3. The van der Waals surface area contributed by atoms with Crippen LogP contribution in [-0.2, 0) is 19.1 Å². The Kier molecular flexibility index (Phi) is 10.0. The van der Waals surface area contributed by atoms with Gasteiger partial charge in [0.15, 0.2) is 0 Å². The van der Waals surface area contributed by atoms with Crippen LogP contribution >= 0.6 is 0 Å². The lowest BCUT2D eigenvalue weighted by atomic mass is 10.1. The van der Waals surface area contributed by atoms with Crippen molar-refractivity contribution in [1.29, 1.82) is 0 Å². The van der Waals surface area contributed by atoms with Crippen molar-refractivity contribution in [1.82, 2.24) is 0 Å². The molecule has 0 amide bonds. The van der Waals surface area contributed by atoms with E-state index in [0.717, 1.165) is 25.7 Å². The second kappa shape index (κ2) is 10.8. The third-order valence-corrected chi connectivity index (χ3v) is 2.22. The Morgan fingerprint density at radius 3 is 1.78 bits per heavy atom. The van der Waals surface area contributed by atoms with Gasteiger partial charge in [-0.2, -0.15) is 0 Å². The molecule has 0 fully saturated rings. The molecule has 0 aromatic heterocycles. The van der Waals surface area contributed by atoms with Crippen LogP contribution in [0.15, 0.2) is 11.6 Å². The Hall–Kier alpha value is -1.32. The van der Waals surface area contributed by atoms with Crippen LogP contribution in [0.4, 0.5) is 0 Å². The number of hydrogen-bond acceptors (Lipinski definition) is 4. The van der Waals surface area contributed by atoms with Crippen molar-refractivity contribution in [2.75, 3.05) is 13.2 Å². The second-order valence-corrected chi connectivity index (χ2v) is 4.03. The molecule has 0 saturated heterocycles. The maximum absolute atomic E-state index is 11.7. The van der Waals surface area contributed by atoms with Crippen molar-refractivity contribution in [3.05, 3.63) is 11.6 Å². The Balaban J connectivity index is 4.54. The molecule has 0 aromatic rings. The van der Waals surface area contributed by atoms with Crippen LogP contribution in [0.1, 0.15) is 52.9 Å². The third-order valence-electron chi connectivity index (χ3n) is 2.22. The summed E-state index contributed by atoms with van der Waals surface area (Å²) in [6.07, 6.45) is 5.73. The first-order valence-corrected chi connectivity index (χ1v) is 6.71. The van der Waals surface area contributed by atoms with E-state index in [1.54, 1.807) is 6.08 Å². The number of rotatable bonds is 9. The lowest BCUT2D eigenvalue weighted by Crippen LogP contribution is -2.19. The lowest BCUT2D eigenvalue weighted by Gasteiger charge is -2.07. The number of allylic oxidation sites excluding steroid dienone is 1. The largest absolute Gasteiger partial charge is 0.462 e. The second-order valence-electron chi connectivity index (χ2n) is 4.03. The van der Waals surface area contributed by atoms with Gasteiger partial charge in [0.2, 0.25) is 0 Å². The molecule has 18 heavy (non-hydrogen) atoms. The molecule has 4 nitrogen and oxygen atoms in total. The molecule has 0 unspecified atom stereocenters. The highest BCUT2D eigenvalue weighted by Crippen LogP contribution is 2.07. The number of ether oxygens (including phenoxy) is 2. The highest BCUT2D eigenvalue weighted by Gasteiger charge is 2.20. The van der Waals surface area contributed by atoms with Crippen LogP contribution in [0.3, 0.4) is 0 Å². The molecule has 0 radical (unpaired) electrons. The predicted molar refractivity (Wildman–Crippen MR) is 70.1 cm³/mol. The highest BCUT2D eigenvalue weighted by molar-refractivity contribution is 6.14. The van der Waals surface area contributed by atoms with Gasteiger partial charge in [-0.3, -0.25) is 0 Å². The van der Waals surface area contributed by atoms with E-state index >= 15 is 0 Å². The van der Waals surface area contributed by atoms with Crippen LogP contribution in [-0.4, -0.2) is 25.2 Å². The smallest absolute Gasteiger partial charge is 0.345 e. The third kappa shape index (κ3) is 7.09. The summed E-state index contributed by atoms with van der Waals surface area (Å²) in [4.78, 5) is 23.4. The van der Waals surface area contributed by atoms with Gasteiger partial charge in [-0.15, -0.1) is 0 Å². The minimum Gasteiger partial charge on any atom is -0.462 e. The van der Waals surface area contributed by atoms with Gasteiger partial charge in [0.05, 0.1) is 13.2 Å². The van der Waals surface area contributed by atoms with Gasteiger partial charge in [0.1, 0.15) is 5.57 Å². The number of hydrogen-bond donors (Lipinski definition) is 0. The first-order chi connectivity index (χ1) is 8.67. The fraction of sp³-hybridized carbons (Fsp3) is 0.714. The molecule has 4 heteroatoms. The summed E-state index contributed by atoms with van der Waals surface area (Å²) in [5, 5.41) is 0. The van der Waals surface area contributed by atoms with Crippen LogP contribution in [0.5, 0.6) is 0 Å². The normalized spacial score (nSPS) is 9.72. The van der Waals surface area contributed by atoms with Gasteiger partial charge in [0.25, 0.3) is 0 Å². The van der Waals surface area contributed by atoms with E-state index in [4.69, 9.17) is 9.47 Å². The average Bonchev–Trinajstić information content (AvgIpc) is 2.38. The van der Waals surface area contributed by atoms with Crippen molar-refractivity contribution in [2.45, 2.75) is 52.9 Å². The topological polar surface area (TPSA) is 52.6 Å². The van der Waals surface area contributed by atoms with Crippen molar-refractivity contribution in [3.8, 4) is 0 Å². The summed E-state index contributed by atoms with van der Waals surface area (Å²) in [5.41, 5.74) is 0.0327. The zero-order valence-corrected chi connectivity index (χ0v) is 11.7. The minimum absolute atomic E-state index is 0.0327. The van der Waals surface area contributed by atoms with E-state index in [2.05, 4.69) is 6.92 Å². The molecule has 0 rings (SSSR count). The van der Waals surface area contributed by atoms with Gasteiger partial charge in [-0.05, 0) is 19.3 Å². The Labute approximate surface area is 109 Å². The van der Waals surface area contributed by atoms with Gasteiger partial charge < -0.3 is 9.47 Å². The molecule has 0 aromatic carbocycles. The van der Waals surface area contributed by atoms with Gasteiger partial charge in [-0.25, -0.2) is 9.59 Å². The van der Waals surface area contributed by atoms with Gasteiger partial charge in [-0.1, -0.05) is 39.7 Å². The van der Waals surface area contributed by atoms with E-state index in [0.29, 0.717) is 19.6 Å². The maximum atomic E-state index is 11.7. The molecule has 0 saturated carbocycles. The fourth-order valence-corrected chi connectivity index (χ4v) is 1.25. The molecule has 0 spiro atoms. The van der Waals surface area contributed by atoms with E-state index < -0.39 is 11.9 Å². The van der Waals surface area contributed by atoms with Crippen molar-refractivity contribution in [3.63, 3.8) is 0 Å². The molecule has 0 aliphatic carbocycles. The van der Waals surface area contributed by atoms with E-state index in [1.807, 2.05) is 13.8 Å². The molecular weight excluding hydrogens is 232 g/mol. The van der Waals surface area contributed by atoms with Gasteiger partial charge in [0, 0.05) is 0 Å². The SMILES string of the molecule is CCCCC=C(C(=O)OCCC)C(=O)OCCC. The molecule has 0 atom stereocenters. The number of carbonyl (C=O) groups excluding carboxylic acids is 2. The number of carbonyl (C=O) groups is 2. The van der Waals surface area contributed by atoms with Crippen molar-refractivity contribution in [2.24, 2.45) is 0 Å². The van der Waals surface area contributed by atoms with Crippen molar-refractivity contribution >= 4 is 11.9 Å². The van der Waals surface area contributed by atoms with E-state index in [1.165, 1.54) is 0 Å². The first kappa shape index (κ1) is 16.7. The van der Waals surface area contributed by atoms with Crippen LogP contribution < -0.4 is 0 Å². The number of esters is 2. The molecule has 0 bridgehead atoms. The summed E-state index contributed by atoms with van der Waals surface area (Å²) in [7, 11) is 0. The monoisotopic (exact) mass is 256 g/mol. The highest BCUT2D eigenvalue weighted by atomic mass is 16.6. The summed E-state index contributed by atoms with van der Waals surface area (Å²) < 4.78 is 9.95. The fourth-order valence-electron chi connectivity index (χ4n) is 1.25. The summed E-state index contributed by atoms with van der Waals surface area (Å²) in [6, 6.07) is 0. The number of unbranched alkanes of at least 4 members (excludes halogenated alkanes) is 2. The zero-order valence-electron chi connectivity index (χ0n) is 11.7. The Morgan fingerprint density at radius 2 is 1.39 bits per heavy atom. The van der Waals surface area contributed by atoms with E-state index in [9.17, 15) is 9.59 Å². The minimum atomic E-state index is -0.575. The zero-order chi connectivity index (χ0) is 13.8. The van der Waals surface area contributed by atoms with Gasteiger partial charge >= 0.3 is 11.9 Å². The molecule has 0 aliphatic rings. The van der Waals surface area contributed by atoms with Crippen LogP contribution in [0.2, 0.25) is 0 Å². The van der Waals surface area contributed by atoms with Crippen LogP contribution in [0, 0.1) is 0 Å². The molecule has 0 aliphatic heterocycles. The average molecular weight is 256 g/mol. The molecule has 0 N–H and O–H groups in total. The summed E-state index contributed by atoms with van der Waals surface area (Å²) >= 11 is 0. The molecular formula is C14H24O4. The summed E-state index contributed by atoms with van der Waals surface area (Å²) in [5.74, 6) is -1.15. The first-order valence-electron chi connectivity index (χ1n) is 6.71. The molecule has 104 valence electrons. The Bertz CT molecular complexity index is 260. The lowest BCUT2D eigenvalue weighted by molar-refractivity contribution is -0.147. The molecule has 0 heterocycles. The van der Waals surface area contributed by atoms with Crippen molar-refractivity contribution < 1.29 is 19.1 Å². The quantitative estimate of drug-likeness (QED) is 0.209. The maximum Gasteiger partial charge on any atom is 0.345 e. The van der Waals surface area contributed by atoms with E-state index in [-0.39, 0.29) is 5.57 Å². The Morgan fingerprint density at radius 1 is 0.889 bits per heavy atom. The predicted octanol–water partition coefficient (Wildman–Crippen LogP) is 3.01.